The Balaban J connectivity index is 2.10. The zero-order valence-corrected chi connectivity index (χ0v) is 9.43. The number of fused-ring (bicyclic) bond motifs is 1. The predicted octanol–water partition coefficient (Wildman–Crippen LogP) is 3.18. The minimum atomic E-state index is -0.0353. The van der Waals surface area contributed by atoms with E-state index in [0.717, 1.165) is 18.4 Å². The van der Waals surface area contributed by atoms with Crippen molar-refractivity contribution in [3.8, 4) is 11.5 Å². The van der Waals surface area contributed by atoms with Gasteiger partial charge in [-0.25, -0.2) is 0 Å². The first-order valence-electron chi connectivity index (χ1n) is 5.86. The number of aromatic hydroxyl groups is 2. The summed E-state index contributed by atoms with van der Waals surface area (Å²) in [4.78, 5) is 0. The Labute approximate surface area is 100 Å². The van der Waals surface area contributed by atoms with Crippen LogP contribution in [0, 0.1) is 0 Å². The molecule has 0 bridgehead atoms. The Bertz CT molecular complexity index is 561. The first-order chi connectivity index (χ1) is 8.27. The Hall–Kier alpha value is -1.96. The molecule has 0 aliphatic heterocycles. The average Bonchev–Trinajstić information content (AvgIpc) is 2.77. The molecule has 1 aliphatic carbocycles. The fourth-order valence-corrected chi connectivity index (χ4v) is 2.71. The normalized spacial score (nSPS) is 18.0. The van der Waals surface area contributed by atoms with E-state index >= 15 is 0 Å². The molecule has 2 nitrogen and oxygen atoms in total. The number of benzene rings is 2. The van der Waals surface area contributed by atoms with Crippen molar-refractivity contribution < 1.29 is 10.2 Å². The molecule has 0 amide bonds. The molecular weight excluding hydrogens is 212 g/mol. The van der Waals surface area contributed by atoms with Crippen LogP contribution in [0.4, 0.5) is 0 Å². The van der Waals surface area contributed by atoms with Crippen LogP contribution in [-0.2, 0) is 6.42 Å². The molecule has 17 heavy (non-hydrogen) atoms. The second-order valence-corrected chi connectivity index (χ2v) is 4.51. The number of hydrogen-bond donors (Lipinski definition) is 2. The van der Waals surface area contributed by atoms with Crippen molar-refractivity contribution >= 4 is 0 Å². The van der Waals surface area contributed by atoms with Gasteiger partial charge in [0.25, 0.3) is 0 Å². The molecule has 0 saturated heterocycles. The molecule has 1 aliphatic rings. The number of phenols is 2. The Morgan fingerprint density at radius 1 is 0.882 bits per heavy atom. The van der Waals surface area contributed by atoms with Gasteiger partial charge in [-0.05, 0) is 30.0 Å². The van der Waals surface area contributed by atoms with Crippen LogP contribution in [0.2, 0.25) is 0 Å². The lowest BCUT2D eigenvalue weighted by atomic mass is 9.92. The fourth-order valence-electron chi connectivity index (χ4n) is 2.71. The van der Waals surface area contributed by atoms with E-state index in [1.54, 1.807) is 6.07 Å². The highest BCUT2D eigenvalue weighted by molar-refractivity contribution is 5.52. The molecule has 3 rings (SSSR count). The molecule has 2 heteroatoms. The van der Waals surface area contributed by atoms with Crippen LogP contribution in [0.25, 0.3) is 0 Å². The maximum Gasteiger partial charge on any atom is 0.161 e. The third kappa shape index (κ3) is 1.57. The molecule has 1 unspecified atom stereocenters. The first-order valence-corrected chi connectivity index (χ1v) is 5.86. The quantitative estimate of drug-likeness (QED) is 0.733. The number of aryl methyl sites for hydroxylation is 1. The molecule has 0 radical (unpaired) electrons. The van der Waals surface area contributed by atoms with E-state index in [0.29, 0.717) is 0 Å². The molecule has 0 fully saturated rings. The molecule has 0 saturated carbocycles. The molecule has 0 aromatic heterocycles. The highest BCUT2D eigenvalue weighted by atomic mass is 16.3. The number of para-hydroxylation sites is 1. The summed E-state index contributed by atoms with van der Waals surface area (Å²) >= 11 is 0. The van der Waals surface area contributed by atoms with Crippen molar-refractivity contribution in [2.45, 2.75) is 18.8 Å². The van der Waals surface area contributed by atoms with Crippen LogP contribution in [0.5, 0.6) is 11.5 Å². The summed E-state index contributed by atoms with van der Waals surface area (Å²) in [5, 5.41) is 19.5. The van der Waals surface area contributed by atoms with E-state index in [4.69, 9.17) is 0 Å². The number of hydrogen-bond acceptors (Lipinski definition) is 2. The molecule has 0 heterocycles. The van der Waals surface area contributed by atoms with E-state index < -0.39 is 0 Å². The van der Waals surface area contributed by atoms with Gasteiger partial charge in [0.2, 0.25) is 0 Å². The lowest BCUT2D eigenvalue weighted by Gasteiger charge is -2.14. The van der Waals surface area contributed by atoms with Gasteiger partial charge in [0.05, 0.1) is 0 Å². The van der Waals surface area contributed by atoms with Crippen molar-refractivity contribution in [2.24, 2.45) is 0 Å². The minimum absolute atomic E-state index is 0.0224. The van der Waals surface area contributed by atoms with Crippen molar-refractivity contribution in [2.75, 3.05) is 0 Å². The molecule has 2 aromatic carbocycles. The highest BCUT2D eigenvalue weighted by Crippen LogP contribution is 2.43. The van der Waals surface area contributed by atoms with Crippen LogP contribution in [0.3, 0.4) is 0 Å². The zero-order valence-electron chi connectivity index (χ0n) is 9.43. The number of phenolic OH excluding ortho intramolecular Hbond substituents is 2. The van der Waals surface area contributed by atoms with Gasteiger partial charge in [-0.3, -0.25) is 0 Å². The topological polar surface area (TPSA) is 40.5 Å². The Kier molecular flexibility index (Phi) is 2.29. The first kappa shape index (κ1) is 10.2. The fraction of sp³-hybridized carbons (Fsp3) is 0.200. The van der Waals surface area contributed by atoms with Gasteiger partial charge >= 0.3 is 0 Å². The zero-order chi connectivity index (χ0) is 11.8. The third-order valence-electron chi connectivity index (χ3n) is 3.55. The summed E-state index contributed by atoms with van der Waals surface area (Å²) in [7, 11) is 0. The van der Waals surface area contributed by atoms with E-state index in [2.05, 4.69) is 12.1 Å². The Morgan fingerprint density at radius 2 is 1.65 bits per heavy atom. The lowest BCUT2D eigenvalue weighted by Crippen LogP contribution is -1.96. The van der Waals surface area contributed by atoms with Crippen LogP contribution in [0.1, 0.15) is 29.0 Å². The van der Waals surface area contributed by atoms with Gasteiger partial charge < -0.3 is 10.2 Å². The molecule has 0 spiro atoms. The van der Waals surface area contributed by atoms with Crippen LogP contribution in [-0.4, -0.2) is 10.2 Å². The average molecular weight is 226 g/mol. The number of rotatable bonds is 1. The van der Waals surface area contributed by atoms with Gasteiger partial charge in [-0.2, -0.15) is 0 Å². The van der Waals surface area contributed by atoms with Crippen molar-refractivity contribution in [3.63, 3.8) is 0 Å². The Morgan fingerprint density at radius 3 is 2.53 bits per heavy atom. The van der Waals surface area contributed by atoms with Crippen LogP contribution >= 0.6 is 0 Å². The molecule has 2 N–H and O–H groups in total. The van der Waals surface area contributed by atoms with Gasteiger partial charge in [-0.15, -0.1) is 0 Å². The monoisotopic (exact) mass is 226 g/mol. The summed E-state index contributed by atoms with van der Waals surface area (Å²) in [5.74, 6) is 0.194. The van der Waals surface area contributed by atoms with Crippen molar-refractivity contribution in [3.05, 3.63) is 59.2 Å². The highest BCUT2D eigenvalue weighted by Gasteiger charge is 2.26. The van der Waals surface area contributed by atoms with E-state index in [1.165, 1.54) is 17.2 Å². The van der Waals surface area contributed by atoms with Gasteiger partial charge in [0.1, 0.15) is 0 Å². The lowest BCUT2D eigenvalue weighted by molar-refractivity contribution is 0.397. The second kappa shape index (κ2) is 3.81. The summed E-state index contributed by atoms with van der Waals surface area (Å²) < 4.78 is 0. The molecule has 1 atom stereocenters. The van der Waals surface area contributed by atoms with Crippen LogP contribution < -0.4 is 0 Å². The van der Waals surface area contributed by atoms with Crippen molar-refractivity contribution in [1.82, 2.24) is 0 Å². The van der Waals surface area contributed by atoms with Gasteiger partial charge in [0, 0.05) is 11.5 Å². The summed E-state index contributed by atoms with van der Waals surface area (Å²) in [6.45, 7) is 0. The van der Waals surface area contributed by atoms with E-state index in [9.17, 15) is 10.2 Å². The second-order valence-electron chi connectivity index (χ2n) is 4.51. The minimum Gasteiger partial charge on any atom is -0.504 e. The summed E-state index contributed by atoms with van der Waals surface area (Å²) in [6, 6.07) is 13.5. The smallest absolute Gasteiger partial charge is 0.161 e. The summed E-state index contributed by atoms with van der Waals surface area (Å²) in [5.41, 5.74) is 3.45. The van der Waals surface area contributed by atoms with Crippen molar-refractivity contribution in [1.29, 1.82) is 0 Å². The molecule has 86 valence electrons. The molecular formula is C15H14O2. The third-order valence-corrected chi connectivity index (χ3v) is 3.55. The van der Waals surface area contributed by atoms with E-state index in [-0.39, 0.29) is 17.4 Å². The maximum atomic E-state index is 9.93. The standard InChI is InChI=1S/C15H14O2/c16-14-7-3-6-13(15(14)17)12-9-8-10-4-1-2-5-11(10)12/h1-7,12,16-17H,8-9H2. The van der Waals surface area contributed by atoms with Gasteiger partial charge in [-0.1, -0.05) is 36.4 Å². The van der Waals surface area contributed by atoms with E-state index in [1.807, 2.05) is 18.2 Å². The van der Waals surface area contributed by atoms with Gasteiger partial charge in [0.15, 0.2) is 11.5 Å². The maximum absolute atomic E-state index is 9.93. The molecule has 2 aromatic rings. The summed E-state index contributed by atoms with van der Waals surface area (Å²) in [6.07, 6.45) is 2.03. The van der Waals surface area contributed by atoms with Crippen LogP contribution in [0.15, 0.2) is 42.5 Å². The SMILES string of the molecule is Oc1cccc(C2CCc3ccccc32)c1O. The largest absolute Gasteiger partial charge is 0.504 e. The predicted molar refractivity (Wildman–Crippen MR) is 66.4 cm³/mol.